The highest BCUT2D eigenvalue weighted by Gasteiger charge is 2.01. The average Bonchev–Trinajstić information content (AvgIpc) is 2.08. The summed E-state index contributed by atoms with van der Waals surface area (Å²) in [6, 6.07) is 1.74. The van der Waals surface area contributed by atoms with Crippen molar-refractivity contribution in [2.75, 3.05) is 7.11 Å². The van der Waals surface area contributed by atoms with Crippen LogP contribution >= 0.6 is 15.9 Å². The van der Waals surface area contributed by atoms with Crippen LogP contribution < -0.4 is 4.74 Å². The number of hydrogen-bond donors (Lipinski definition) is 1. The molecule has 1 rings (SSSR count). The zero-order valence-electron chi connectivity index (χ0n) is 6.36. The molecule has 0 unspecified atom stereocenters. The van der Waals surface area contributed by atoms with Crippen LogP contribution in [0.4, 0.5) is 0 Å². The van der Waals surface area contributed by atoms with Crippen molar-refractivity contribution >= 4 is 22.1 Å². The van der Waals surface area contributed by atoms with E-state index >= 15 is 0 Å². The summed E-state index contributed by atoms with van der Waals surface area (Å²) >= 11 is 3.24. The maximum atomic E-state index is 8.27. The van der Waals surface area contributed by atoms with Gasteiger partial charge in [-0.1, -0.05) is 5.16 Å². The Labute approximate surface area is 78.0 Å². The fourth-order valence-electron chi connectivity index (χ4n) is 0.746. The highest BCUT2D eigenvalue weighted by atomic mass is 79.9. The average molecular weight is 231 g/mol. The fraction of sp³-hybridized carbons (Fsp3) is 0.143. The van der Waals surface area contributed by atoms with Gasteiger partial charge in [0.15, 0.2) is 0 Å². The van der Waals surface area contributed by atoms with E-state index in [1.54, 1.807) is 12.3 Å². The Bertz CT molecular complexity index is 301. The largest absolute Gasteiger partial charge is 0.494 e. The molecular weight excluding hydrogens is 224 g/mol. The number of halogens is 1. The Hall–Kier alpha value is -1.10. The number of hydrogen-bond acceptors (Lipinski definition) is 4. The summed E-state index contributed by atoms with van der Waals surface area (Å²) < 4.78 is 5.80. The van der Waals surface area contributed by atoms with Gasteiger partial charge in [0, 0.05) is 10.7 Å². The fourth-order valence-corrected chi connectivity index (χ4v) is 1.06. The maximum absolute atomic E-state index is 8.27. The highest BCUT2D eigenvalue weighted by Crippen LogP contribution is 2.19. The summed E-state index contributed by atoms with van der Waals surface area (Å²) in [5, 5.41) is 11.1. The van der Waals surface area contributed by atoms with Gasteiger partial charge in [-0.25, -0.2) is 0 Å². The Morgan fingerprint density at radius 2 is 2.50 bits per heavy atom. The number of oxime groups is 1. The number of aromatic nitrogens is 1. The molecule has 0 aliphatic heterocycles. The Morgan fingerprint density at radius 1 is 1.75 bits per heavy atom. The van der Waals surface area contributed by atoms with Crippen molar-refractivity contribution < 1.29 is 9.94 Å². The smallest absolute Gasteiger partial charge is 0.147 e. The van der Waals surface area contributed by atoms with Gasteiger partial charge in [-0.2, -0.15) is 0 Å². The second kappa shape index (κ2) is 4.06. The maximum Gasteiger partial charge on any atom is 0.147 e. The number of pyridine rings is 1. The molecule has 0 fully saturated rings. The number of methoxy groups -OCH3 is 1. The lowest BCUT2D eigenvalue weighted by Gasteiger charge is -2.02. The highest BCUT2D eigenvalue weighted by molar-refractivity contribution is 9.10. The van der Waals surface area contributed by atoms with E-state index in [0.29, 0.717) is 11.4 Å². The van der Waals surface area contributed by atoms with Crippen LogP contribution in [0.5, 0.6) is 5.75 Å². The van der Waals surface area contributed by atoms with Crippen molar-refractivity contribution in [3.05, 3.63) is 22.4 Å². The third kappa shape index (κ3) is 1.94. The molecule has 0 saturated heterocycles. The normalized spacial score (nSPS) is 10.5. The number of ether oxygens (including phenoxy) is 1. The molecule has 1 N–H and O–H groups in total. The van der Waals surface area contributed by atoms with Crippen molar-refractivity contribution in [3.63, 3.8) is 0 Å². The van der Waals surface area contributed by atoms with E-state index in [4.69, 9.17) is 9.94 Å². The van der Waals surface area contributed by atoms with E-state index in [1.807, 2.05) is 0 Å². The molecule has 0 amide bonds. The van der Waals surface area contributed by atoms with Gasteiger partial charge in [-0.05, 0) is 22.0 Å². The van der Waals surface area contributed by atoms with E-state index in [2.05, 4.69) is 26.1 Å². The first kappa shape index (κ1) is 8.99. The molecule has 1 aromatic heterocycles. The summed E-state index contributed by atoms with van der Waals surface area (Å²) in [4.78, 5) is 3.96. The molecule has 4 nitrogen and oxygen atoms in total. The van der Waals surface area contributed by atoms with Crippen molar-refractivity contribution in [1.29, 1.82) is 0 Å². The standard InChI is InChI=1S/C7H7BrN2O2/c1-12-7-2-5(8)3-9-6(7)4-10-11/h2-4,11H,1H3/b10-4+. The molecule has 0 aromatic carbocycles. The van der Waals surface area contributed by atoms with Crippen LogP contribution in [0, 0.1) is 0 Å². The van der Waals surface area contributed by atoms with Crippen LogP contribution in [0.3, 0.4) is 0 Å². The van der Waals surface area contributed by atoms with E-state index in [-0.39, 0.29) is 0 Å². The second-order valence-electron chi connectivity index (χ2n) is 1.99. The van der Waals surface area contributed by atoms with Gasteiger partial charge in [0.05, 0.1) is 13.3 Å². The summed E-state index contributed by atoms with van der Waals surface area (Å²) in [7, 11) is 1.53. The van der Waals surface area contributed by atoms with Crippen molar-refractivity contribution in [2.45, 2.75) is 0 Å². The Morgan fingerprint density at radius 3 is 3.08 bits per heavy atom. The zero-order valence-corrected chi connectivity index (χ0v) is 7.95. The second-order valence-corrected chi connectivity index (χ2v) is 2.90. The van der Waals surface area contributed by atoms with Crippen LogP contribution in [0.2, 0.25) is 0 Å². The van der Waals surface area contributed by atoms with Gasteiger partial charge >= 0.3 is 0 Å². The van der Waals surface area contributed by atoms with Gasteiger partial charge in [0.25, 0.3) is 0 Å². The predicted molar refractivity (Wildman–Crippen MR) is 47.9 cm³/mol. The Balaban J connectivity index is 3.10. The van der Waals surface area contributed by atoms with Gasteiger partial charge < -0.3 is 9.94 Å². The van der Waals surface area contributed by atoms with Gasteiger partial charge in [-0.15, -0.1) is 0 Å². The molecule has 1 aromatic rings. The SMILES string of the molecule is COc1cc(Br)cnc1/C=N/O. The van der Waals surface area contributed by atoms with Crippen molar-refractivity contribution in [1.82, 2.24) is 4.98 Å². The lowest BCUT2D eigenvalue weighted by Crippen LogP contribution is -1.94. The summed E-state index contributed by atoms with van der Waals surface area (Å²) in [6.07, 6.45) is 2.81. The molecule has 0 saturated carbocycles. The third-order valence-corrected chi connectivity index (χ3v) is 1.68. The first-order valence-corrected chi connectivity index (χ1v) is 3.94. The van der Waals surface area contributed by atoms with E-state index < -0.39 is 0 Å². The van der Waals surface area contributed by atoms with E-state index in [9.17, 15) is 0 Å². The van der Waals surface area contributed by atoms with Crippen LogP contribution in [0.25, 0.3) is 0 Å². The minimum atomic E-state index is 0.489. The topological polar surface area (TPSA) is 54.7 Å². The van der Waals surface area contributed by atoms with E-state index in [1.165, 1.54) is 13.3 Å². The molecule has 0 atom stereocenters. The minimum Gasteiger partial charge on any atom is -0.494 e. The first-order chi connectivity index (χ1) is 5.77. The molecule has 0 aliphatic carbocycles. The number of nitrogens with zero attached hydrogens (tertiary/aromatic N) is 2. The lowest BCUT2D eigenvalue weighted by molar-refractivity contribution is 0.321. The van der Waals surface area contributed by atoms with Gasteiger partial charge in [0.2, 0.25) is 0 Å². The minimum absolute atomic E-state index is 0.489. The Kier molecular flexibility index (Phi) is 3.04. The van der Waals surface area contributed by atoms with E-state index in [0.717, 1.165) is 4.47 Å². The van der Waals surface area contributed by atoms with Crippen LogP contribution in [0.1, 0.15) is 5.69 Å². The molecule has 64 valence electrons. The molecule has 0 aliphatic rings. The predicted octanol–water partition coefficient (Wildman–Crippen LogP) is 1.66. The van der Waals surface area contributed by atoms with Crippen molar-refractivity contribution in [2.24, 2.45) is 5.16 Å². The molecular formula is C7H7BrN2O2. The molecule has 5 heteroatoms. The van der Waals surface area contributed by atoms with Gasteiger partial charge in [-0.3, -0.25) is 4.98 Å². The quantitative estimate of drug-likeness (QED) is 0.478. The van der Waals surface area contributed by atoms with Crippen molar-refractivity contribution in [3.8, 4) is 5.75 Å². The zero-order chi connectivity index (χ0) is 8.97. The van der Waals surface area contributed by atoms with Gasteiger partial charge in [0.1, 0.15) is 11.4 Å². The molecule has 12 heavy (non-hydrogen) atoms. The summed E-state index contributed by atoms with van der Waals surface area (Å²) in [5.74, 6) is 0.558. The molecule has 0 spiro atoms. The molecule has 1 heterocycles. The number of rotatable bonds is 2. The third-order valence-electron chi connectivity index (χ3n) is 1.25. The molecule has 0 radical (unpaired) electrons. The summed E-state index contributed by atoms with van der Waals surface area (Å²) in [6.45, 7) is 0. The monoisotopic (exact) mass is 230 g/mol. The summed E-state index contributed by atoms with van der Waals surface area (Å²) in [5.41, 5.74) is 0.489. The molecule has 0 bridgehead atoms. The lowest BCUT2D eigenvalue weighted by atomic mass is 10.3. The van der Waals surface area contributed by atoms with Crippen LogP contribution in [0.15, 0.2) is 21.9 Å². The van der Waals surface area contributed by atoms with Crippen LogP contribution in [-0.2, 0) is 0 Å². The first-order valence-electron chi connectivity index (χ1n) is 3.15. The van der Waals surface area contributed by atoms with Crippen LogP contribution in [-0.4, -0.2) is 23.5 Å².